The number of nitrogens with zero attached hydrogens (tertiary/aromatic N) is 4. The van der Waals surface area contributed by atoms with Gasteiger partial charge in [-0.1, -0.05) is 13.8 Å². The zero-order valence-electron chi connectivity index (χ0n) is 12.9. The lowest BCUT2D eigenvalue weighted by Crippen LogP contribution is -2.19. The number of imidazole rings is 1. The molecule has 8 nitrogen and oxygen atoms in total. The van der Waals surface area contributed by atoms with Gasteiger partial charge in [0.15, 0.2) is 17.0 Å². The number of amides is 1. The lowest BCUT2D eigenvalue weighted by Gasteiger charge is -2.15. The van der Waals surface area contributed by atoms with Gasteiger partial charge in [0, 0.05) is 11.2 Å². The highest BCUT2D eigenvalue weighted by Crippen LogP contribution is 2.42. The summed E-state index contributed by atoms with van der Waals surface area (Å²) >= 11 is 1.49. The normalized spacial score (nSPS) is 24.5. The Morgan fingerprint density at radius 2 is 2.26 bits per heavy atom. The molecule has 2 aromatic heterocycles. The molecule has 3 rings (SSSR count). The quantitative estimate of drug-likeness (QED) is 0.755. The molecule has 1 saturated heterocycles. The van der Waals surface area contributed by atoms with E-state index < -0.39 is 6.10 Å². The molecule has 0 radical (unpaired) electrons. The van der Waals surface area contributed by atoms with Gasteiger partial charge in [0.25, 0.3) is 0 Å². The lowest BCUT2D eigenvalue weighted by atomic mass is 10.2. The largest absolute Gasteiger partial charge is 0.395 e. The highest BCUT2D eigenvalue weighted by atomic mass is 32.2. The van der Waals surface area contributed by atoms with Crippen LogP contribution in [0.2, 0.25) is 0 Å². The van der Waals surface area contributed by atoms with E-state index in [0.717, 1.165) is 0 Å². The topological polar surface area (TPSA) is 113 Å². The minimum absolute atomic E-state index is 0.00518. The Bertz CT molecular complexity index is 720. The van der Waals surface area contributed by atoms with E-state index in [2.05, 4.69) is 20.3 Å². The molecular weight excluding hydrogens is 318 g/mol. The summed E-state index contributed by atoms with van der Waals surface area (Å²) in [5.41, 5.74) is 1.04. The Morgan fingerprint density at radius 1 is 1.48 bits per heavy atom. The number of hydrogen-bond donors (Lipinski definition) is 3. The average molecular weight is 337 g/mol. The molecule has 2 aromatic rings. The molecular formula is C14H19N5O3S. The van der Waals surface area contributed by atoms with E-state index in [4.69, 9.17) is 0 Å². The predicted octanol–water partition coefficient (Wildman–Crippen LogP) is 0.778. The number of aliphatic hydroxyl groups is 2. The van der Waals surface area contributed by atoms with Crippen molar-refractivity contribution in [3.05, 3.63) is 12.7 Å². The van der Waals surface area contributed by atoms with E-state index in [1.165, 1.54) is 18.1 Å². The van der Waals surface area contributed by atoms with E-state index in [1.807, 2.05) is 0 Å². The summed E-state index contributed by atoms with van der Waals surface area (Å²) in [7, 11) is 0. The lowest BCUT2D eigenvalue weighted by molar-refractivity contribution is -0.118. The molecule has 1 aliphatic heterocycles. The molecule has 9 heteroatoms. The van der Waals surface area contributed by atoms with E-state index >= 15 is 0 Å². The van der Waals surface area contributed by atoms with Crippen molar-refractivity contribution in [3.63, 3.8) is 0 Å². The highest BCUT2D eigenvalue weighted by Gasteiger charge is 2.35. The Hall–Kier alpha value is -1.71. The van der Waals surface area contributed by atoms with E-state index in [1.54, 1.807) is 24.7 Å². The number of aliphatic hydroxyl groups excluding tert-OH is 2. The third-order valence-corrected chi connectivity index (χ3v) is 5.31. The van der Waals surface area contributed by atoms with Gasteiger partial charge in [0.1, 0.15) is 11.7 Å². The van der Waals surface area contributed by atoms with Crippen LogP contribution >= 0.6 is 11.8 Å². The van der Waals surface area contributed by atoms with Crippen LogP contribution in [0.4, 0.5) is 5.82 Å². The highest BCUT2D eigenvalue weighted by molar-refractivity contribution is 8.00. The van der Waals surface area contributed by atoms with E-state index in [0.29, 0.717) is 23.4 Å². The molecule has 0 saturated carbocycles. The van der Waals surface area contributed by atoms with Crippen molar-refractivity contribution >= 4 is 34.7 Å². The summed E-state index contributed by atoms with van der Waals surface area (Å²) < 4.78 is 1.77. The van der Waals surface area contributed by atoms with Crippen LogP contribution in [0.5, 0.6) is 0 Å². The Labute approximate surface area is 137 Å². The number of aromatic nitrogens is 4. The molecule has 1 amide bonds. The van der Waals surface area contributed by atoms with Gasteiger partial charge in [-0.05, 0) is 6.42 Å². The number of rotatable bonds is 4. The van der Waals surface area contributed by atoms with E-state index in [-0.39, 0.29) is 29.1 Å². The molecule has 124 valence electrons. The number of carbonyl (C=O) groups is 1. The summed E-state index contributed by atoms with van der Waals surface area (Å²) in [6.45, 7) is 3.62. The van der Waals surface area contributed by atoms with Crippen molar-refractivity contribution < 1.29 is 15.0 Å². The monoisotopic (exact) mass is 337 g/mol. The first kappa shape index (κ1) is 16.2. The van der Waals surface area contributed by atoms with Crippen LogP contribution in [0.1, 0.15) is 25.6 Å². The van der Waals surface area contributed by atoms with Crippen LogP contribution in [0, 0.1) is 5.92 Å². The third-order valence-electron chi connectivity index (χ3n) is 3.77. The number of nitrogens with one attached hydrogen (secondary N) is 1. The first-order chi connectivity index (χ1) is 11.0. The smallest absolute Gasteiger partial charge is 0.228 e. The Morgan fingerprint density at radius 3 is 2.91 bits per heavy atom. The summed E-state index contributed by atoms with van der Waals surface area (Å²) in [6, 6.07) is 0. The van der Waals surface area contributed by atoms with Crippen LogP contribution in [-0.2, 0) is 4.79 Å². The summed E-state index contributed by atoms with van der Waals surface area (Å²) in [4.78, 5) is 24.5. The molecule has 3 heterocycles. The summed E-state index contributed by atoms with van der Waals surface area (Å²) in [5.74, 6) is 0.0541. The molecule has 0 spiro atoms. The van der Waals surface area contributed by atoms with Crippen molar-refractivity contribution in [2.45, 2.75) is 37.0 Å². The SMILES string of the molecule is CC(C)C(=O)Nc1ncnc2c1ncn2[C@@H]1S[C@H](CO)C[C@H]1O. The second-order valence-corrected chi connectivity index (χ2v) is 7.25. The second-order valence-electron chi connectivity index (χ2n) is 5.82. The molecule has 0 aliphatic carbocycles. The molecule has 23 heavy (non-hydrogen) atoms. The van der Waals surface area contributed by atoms with Crippen molar-refractivity contribution in [2.24, 2.45) is 5.92 Å². The maximum absolute atomic E-state index is 11.9. The number of fused-ring (bicyclic) bond motifs is 1. The van der Waals surface area contributed by atoms with Crippen molar-refractivity contribution in [1.82, 2.24) is 19.5 Å². The van der Waals surface area contributed by atoms with Gasteiger partial charge in [0.2, 0.25) is 5.91 Å². The number of carbonyl (C=O) groups excluding carboxylic acids is 1. The predicted molar refractivity (Wildman–Crippen MR) is 86.9 cm³/mol. The van der Waals surface area contributed by atoms with Gasteiger partial charge in [0.05, 0.1) is 19.0 Å². The zero-order chi connectivity index (χ0) is 16.6. The molecule has 0 aromatic carbocycles. The fourth-order valence-electron chi connectivity index (χ4n) is 2.49. The van der Waals surface area contributed by atoms with E-state index in [9.17, 15) is 15.0 Å². The van der Waals surface area contributed by atoms with Crippen molar-refractivity contribution in [1.29, 1.82) is 0 Å². The Balaban J connectivity index is 1.94. The first-order valence-corrected chi connectivity index (χ1v) is 8.38. The van der Waals surface area contributed by atoms with Crippen LogP contribution in [-0.4, -0.2) is 53.6 Å². The van der Waals surface area contributed by atoms with Crippen molar-refractivity contribution in [2.75, 3.05) is 11.9 Å². The third kappa shape index (κ3) is 3.04. The molecule has 0 unspecified atom stereocenters. The number of hydrogen-bond acceptors (Lipinski definition) is 7. The molecule has 1 fully saturated rings. The van der Waals surface area contributed by atoms with Gasteiger partial charge in [-0.25, -0.2) is 15.0 Å². The molecule has 1 aliphatic rings. The minimum atomic E-state index is -0.585. The summed E-state index contributed by atoms with van der Waals surface area (Å²) in [5, 5.41) is 22.0. The molecule has 3 N–H and O–H groups in total. The average Bonchev–Trinajstić information content (AvgIpc) is 3.10. The molecule has 3 atom stereocenters. The second kappa shape index (κ2) is 6.42. The Kier molecular flexibility index (Phi) is 4.51. The van der Waals surface area contributed by atoms with Gasteiger partial charge >= 0.3 is 0 Å². The van der Waals surface area contributed by atoms with Gasteiger partial charge < -0.3 is 15.5 Å². The van der Waals surface area contributed by atoms with Crippen LogP contribution in [0.15, 0.2) is 12.7 Å². The zero-order valence-corrected chi connectivity index (χ0v) is 13.7. The fraction of sp³-hybridized carbons (Fsp3) is 0.571. The minimum Gasteiger partial charge on any atom is -0.395 e. The fourth-order valence-corrected chi connectivity index (χ4v) is 3.85. The molecule has 0 bridgehead atoms. The van der Waals surface area contributed by atoms with Crippen LogP contribution < -0.4 is 5.32 Å². The maximum atomic E-state index is 11.9. The number of thioether (sulfide) groups is 1. The van der Waals surface area contributed by atoms with Gasteiger partial charge in [-0.2, -0.15) is 0 Å². The van der Waals surface area contributed by atoms with Crippen LogP contribution in [0.3, 0.4) is 0 Å². The first-order valence-electron chi connectivity index (χ1n) is 7.44. The van der Waals surface area contributed by atoms with Gasteiger partial charge in [-0.15, -0.1) is 11.8 Å². The maximum Gasteiger partial charge on any atom is 0.228 e. The summed E-state index contributed by atoms with van der Waals surface area (Å²) in [6.07, 6.45) is 2.89. The standard InChI is InChI=1S/C14H19N5O3S/c1-7(2)13(22)18-11-10-12(16-5-15-11)19(6-17-10)14-9(21)3-8(4-20)23-14/h5-9,14,20-21H,3-4H2,1-2H3,(H,15,16,18,22)/t8-,9+,14+/m0/s1. The van der Waals surface area contributed by atoms with Gasteiger partial charge in [-0.3, -0.25) is 9.36 Å². The van der Waals surface area contributed by atoms with Crippen LogP contribution in [0.25, 0.3) is 11.2 Å². The van der Waals surface area contributed by atoms with Crippen molar-refractivity contribution in [3.8, 4) is 0 Å². The number of anilines is 1.